The average Bonchev–Trinajstić information content (AvgIpc) is 0.931. The van der Waals surface area contributed by atoms with Gasteiger partial charge in [0.15, 0.2) is 12.2 Å². The number of aliphatic hydroxyl groups excluding tert-OH is 1. The highest BCUT2D eigenvalue weighted by Crippen LogP contribution is 2.45. The second kappa shape index (κ2) is 71.3. The predicted molar refractivity (Wildman–Crippen MR) is 409 cm³/mol. The molecule has 0 amide bonds. The van der Waals surface area contributed by atoms with E-state index in [0.717, 1.165) is 108 Å². The number of hydrogen-bond acceptors (Lipinski definition) is 15. The van der Waals surface area contributed by atoms with Crippen LogP contribution in [-0.4, -0.2) is 96.7 Å². The summed E-state index contributed by atoms with van der Waals surface area (Å²) in [6, 6.07) is 0. The van der Waals surface area contributed by atoms with Crippen LogP contribution in [0.15, 0.2) is 0 Å². The van der Waals surface area contributed by atoms with Crippen LogP contribution in [0.1, 0.15) is 421 Å². The van der Waals surface area contributed by atoms with Crippen molar-refractivity contribution in [3.63, 3.8) is 0 Å². The molecule has 0 rings (SSSR count). The first-order chi connectivity index (χ1) is 48.3. The van der Waals surface area contributed by atoms with E-state index in [0.29, 0.717) is 25.7 Å². The number of ether oxygens (including phenoxy) is 4. The number of rotatable bonds is 79. The average molecular weight is 1470 g/mol. The molecular weight excluding hydrogens is 1310 g/mol. The summed E-state index contributed by atoms with van der Waals surface area (Å²) in [5.41, 5.74) is 0. The Bertz CT molecular complexity index is 1940. The number of unbranched alkanes of at least 4 members (excludes halogenated alkanes) is 46. The minimum atomic E-state index is -4.96. The maximum atomic E-state index is 13.1. The molecule has 0 spiro atoms. The molecule has 0 saturated carbocycles. The van der Waals surface area contributed by atoms with Gasteiger partial charge in [-0.05, 0) is 43.4 Å². The highest BCUT2D eigenvalue weighted by molar-refractivity contribution is 7.47. The Balaban J connectivity index is 5.23. The molecule has 0 saturated heterocycles. The van der Waals surface area contributed by atoms with Crippen molar-refractivity contribution >= 4 is 39.5 Å². The van der Waals surface area contributed by atoms with Gasteiger partial charge in [-0.3, -0.25) is 37.3 Å². The molecule has 0 aromatic heterocycles. The minimum Gasteiger partial charge on any atom is -0.462 e. The summed E-state index contributed by atoms with van der Waals surface area (Å²) in [7, 11) is -9.92. The molecule has 0 aliphatic carbocycles. The number of carbonyl (C=O) groups is 4. The third kappa shape index (κ3) is 73.0. The third-order valence-corrected chi connectivity index (χ3v) is 21.1. The Kier molecular flexibility index (Phi) is 69.9. The van der Waals surface area contributed by atoms with Crippen LogP contribution in [0.4, 0.5) is 0 Å². The first-order valence-electron chi connectivity index (χ1n) is 41.9. The summed E-state index contributed by atoms with van der Waals surface area (Å²) in [6.07, 6.45) is 59.6. The van der Waals surface area contributed by atoms with Crippen LogP contribution in [0.3, 0.4) is 0 Å². The van der Waals surface area contributed by atoms with E-state index in [1.54, 1.807) is 0 Å². The highest BCUT2D eigenvalue weighted by Gasteiger charge is 2.30. The van der Waals surface area contributed by atoms with Crippen LogP contribution >= 0.6 is 15.6 Å². The van der Waals surface area contributed by atoms with Gasteiger partial charge >= 0.3 is 39.5 Å². The van der Waals surface area contributed by atoms with Crippen molar-refractivity contribution in [2.75, 3.05) is 39.6 Å². The topological polar surface area (TPSA) is 237 Å². The Hall–Kier alpha value is -1.94. The van der Waals surface area contributed by atoms with Crippen molar-refractivity contribution in [2.24, 2.45) is 17.8 Å². The van der Waals surface area contributed by atoms with Crippen LogP contribution in [0.2, 0.25) is 0 Å². The van der Waals surface area contributed by atoms with E-state index >= 15 is 0 Å². The van der Waals surface area contributed by atoms with Crippen LogP contribution in [-0.2, 0) is 65.4 Å². The molecule has 0 heterocycles. The van der Waals surface area contributed by atoms with Gasteiger partial charge in [-0.15, -0.1) is 0 Å². The normalized spacial score (nSPS) is 14.2. The molecule has 0 radical (unpaired) electrons. The van der Waals surface area contributed by atoms with E-state index in [9.17, 15) is 43.2 Å². The quantitative estimate of drug-likeness (QED) is 0.0222. The fraction of sp³-hybridized carbons (Fsp3) is 0.951. The number of phosphoric ester groups is 2. The molecule has 0 fully saturated rings. The van der Waals surface area contributed by atoms with E-state index in [1.165, 1.54) is 231 Å². The molecule has 100 heavy (non-hydrogen) atoms. The van der Waals surface area contributed by atoms with E-state index in [2.05, 4.69) is 48.5 Å². The van der Waals surface area contributed by atoms with Gasteiger partial charge in [0.1, 0.15) is 19.3 Å². The summed E-state index contributed by atoms with van der Waals surface area (Å²) in [6.45, 7) is 12.0. The summed E-state index contributed by atoms with van der Waals surface area (Å²) < 4.78 is 68.7. The van der Waals surface area contributed by atoms with Gasteiger partial charge in [0.2, 0.25) is 0 Å². The van der Waals surface area contributed by atoms with Gasteiger partial charge in [-0.2, -0.15) is 0 Å². The highest BCUT2D eigenvalue weighted by atomic mass is 31.2. The zero-order chi connectivity index (χ0) is 73.7. The summed E-state index contributed by atoms with van der Waals surface area (Å²) >= 11 is 0. The van der Waals surface area contributed by atoms with Crippen molar-refractivity contribution in [2.45, 2.75) is 439 Å². The maximum Gasteiger partial charge on any atom is 0.472 e. The van der Waals surface area contributed by atoms with Crippen LogP contribution < -0.4 is 0 Å². The fourth-order valence-electron chi connectivity index (χ4n) is 12.5. The number of esters is 4. The molecule has 3 N–H and O–H groups in total. The third-order valence-electron chi connectivity index (χ3n) is 19.2. The van der Waals surface area contributed by atoms with E-state index in [1.807, 2.05) is 0 Å². The SMILES string of the molecule is CCCCCCCCCCCCC(=O)OC[C@H](COP(=O)(O)OC[C@H](O)COP(=O)(O)OC[C@@H](COC(=O)CCCCCCCCCCCCCCC(C)C)OC(=O)CCCCCCCCCCCCCCCCCCCCC(C)C)OC(=O)CCCCCCCCCCCCC(C)CC. The first-order valence-corrected chi connectivity index (χ1v) is 44.9. The molecule has 594 valence electrons. The van der Waals surface area contributed by atoms with E-state index in [-0.39, 0.29) is 25.7 Å². The van der Waals surface area contributed by atoms with Crippen LogP contribution in [0.25, 0.3) is 0 Å². The second-order valence-corrected chi connectivity index (χ2v) is 33.3. The molecular formula is C81H158O17P2. The van der Waals surface area contributed by atoms with Gasteiger partial charge in [0.05, 0.1) is 26.4 Å². The van der Waals surface area contributed by atoms with Gasteiger partial charge in [0, 0.05) is 25.7 Å². The lowest BCUT2D eigenvalue weighted by molar-refractivity contribution is -0.161. The van der Waals surface area contributed by atoms with Gasteiger partial charge in [-0.1, -0.05) is 370 Å². The molecule has 19 heteroatoms. The van der Waals surface area contributed by atoms with Crippen molar-refractivity contribution in [1.82, 2.24) is 0 Å². The molecule has 0 aliphatic heterocycles. The number of phosphoric acid groups is 2. The smallest absolute Gasteiger partial charge is 0.462 e. The molecule has 0 aromatic rings. The second-order valence-electron chi connectivity index (χ2n) is 30.4. The molecule has 0 aliphatic rings. The Morgan fingerprint density at radius 1 is 0.290 bits per heavy atom. The Labute approximate surface area is 613 Å². The van der Waals surface area contributed by atoms with Gasteiger partial charge in [0.25, 0.3) is 0 Å². The maximum absolute atomic E-state index is 13.1. The number of hydrogen-bond donors (Lipinski definition) is 3. The summed E-state index contributed by atoms with van der Waals surface area (Å²) in [5, 5.41) is 10.6. The number of carbonyl (C=O) groups excluding carboxylic acids is 4. The van der Waals surface area contributed by atoms with Gasteiger partial charge in [-0.25, -0.2) is 9.13 Å². The predicted octanol–water partition coefficient (Wildman–Crippen LogP) is 24.1. The molecule has 6 atom stereocenters. The van der Waals surface area contributed by atoms with Gasteiger partial charge < -0.3 is 33.8 Å². The Morgan fingerprint density at radius 3 is 0.760 bits per heavy atom. The summed E-state index contributed by atoms with van der Waals surface area (Å²) in [5.74, 6) is 0.294. The largest absolute Gasteiger partial charge is 0.472 e. The summed E-state index contributed by atoms with van der Waals surface area (Å²) in [4.78, 5) is 73.0. The van der Waals surface area contributed by atoms with E-state index < -0.39 is 97.5 Å². The lowest BCUT2D eigenvalue weighted by Crippen LogP contribution is -2.30. The lowest BCUT2D eigenvalue weighted by atomic mass is 9.99. The molecule has 3 unspecified atom stereocenters. The molecule has 0 aromatic carbocycles. The monoisotopic (exact) mass is 1470 g/mol. The number of aliphatic hydroxyl groups is 1. The van der Waals surface area contributed by atoms with Crippen LogP contribution in [0.5, 0.6) is 0 Å². The van der Waals surface area contributed by atoms with Crippen LogP contribution in [0, 0.1) is 17.8 Å². The van der Waals surface area contributed by atoms with Crippen molar-refractivity contribution < 1.29 is 80.2 Å². The Morgan fingerprint density at radius 2 is 0.510 bits per heavy atom. The van der Waals surface area contributed by atoms with Crippen molar-refractivity contribution in [3.8, 4) is 0 Å². The minimum absolute atomic E-state index is 0.106. The van der Waals surface area contributed by atoms with Crippen molar-refractivity contribution in [1.29, 1.82) is 0 Å². The lowest BCUT2D eigenvalue weighted by Gasteiger charge is -2.21. The zero-order valence-corrected chi connectivity index (χ0v) is 67.5. The van der Waals surface area contributed by atoms with Crippen molar-refractivity contribution in [3.05, 3.63) is 0 Å². The first kappa shape index (κ1) is 98.1. The standard InChI is InChI=1S/C81H158O17P2/c1-8-10-11-12-13-14-34-41-48-55-62-78(83)91-68-76(98-81(86)65-58-51-44-37-30-29-33-40-47-54-61-74(7)9-2)70-95-99(87,88)93-66-75(82)67-94-100(89,90)96-71-77(69-92-79(84)63-56-49-42-35-27-24-23-26-32-39-46-53-60-73(5)6)97-80(85)64-57-50-43-36-28-22-20-18-16-15-17-19-21-25-31-38-45-52-59-72(3)4/h72-77,82H,8-71H2,1-7H3,(H,87,88)(H,89,90)/t74?,75-,76+,77+/m0/s1. The fourth-order valence-corrected chi connectivity index (χ4v) is 14.0. The molecule has 17 nitrogen and oxygen atoms in total. The molecule has 0 bridgehead atoms. The van der Waals surface area contributed by atoms with E-state index in [4.69, 9.17) is 37.0 Å². The zero-order valence-electron chi connectivity index (χ0n) is 65.7.